The van der Waals surface area contributed by atoms with E-state index in [-0.39, 0.29) is 24.7 Å². The van der Waals surface area contributed by atoms with Gasteiger partial charge in [0.05, 0.1) is 18.7 Å². The Morgan fingerprint density at radius 3 is 2.72 bits per heavy atom. The van der Waals surface area contributed by atoms with Crippen molar-refractivity contribution < 1.29 is 27.5 Å². The van der Waals surface area contributed by atoms with E-state index in [1.165, 1.54) is 17.0 Å². The summed E-state index contributed by atoms with van der Waals surface area (Å²) in [5.41, 5.74) is -0.748. The highest BCUT2D eigenvalue weighted by molar-refractivity contribution is 5.92. The number of carbonyl (C=O) groups is 2. The van der Waals surface area contributed by atoms with Crippen LogP contribution in [-0.4, -0.2) is 68.1 Å². The highest BCUT2D eigenvalue weighted by atomic mass is 19.4. The fraction of sp³-hybridized carbons (Fsp3) is 0.500. The zero-order valence-electron chi connectivity index (χ0n) is 14.0. The average Bonchev–Trinajstić information content (AvgIpc) is 2.53. The Bertz CT molecular complexity index is 635. The number of benzene rings is 1. The van der Waals surface area contributed by atoms with Crippen LogP contribution in [0, 0.1) is 0 Å². The van der Waals surface area contributed by atoms with Crippen molar-refractivity contribution in [1.29, 1.82) is 0 Å². The Morgan fingerprint density at radius 1 is 1.36 bits per heavy atom. The first-order valence-electron chi connectivity index (χ1n) is 7.69. The molecule has 25 heavy (non-hydrogen) atoms. The number of hydrogen-bond acceptors (Lipinski definition) is 4. The van der Waals surface area contributed by atoms with Gasteiger partial charge in [0.15, 0.2) is 0 Å². The van der Waals surface area contributed by atoms with Crippen LogP contribution < -0.4 is 5.32 Å². The maximum Gasteiger partial charge on any atom is 0.416 e. The summed E-state index contributed by atoms with van der Waals surface area (Å²) >= 11 is 0. The Balaban J connectivity index is 1.93. The largest absolute Gasteiger partial charge is 0.416 e. The first kappa shape index (κ1) is 19.2. The predicted molar refractivity (Wildman–Crippen MR) is 84.9 cm³/mol. The zero-order chi connectivity index (χ0) is 18.6. The van der Waals surface area contributed by atoms with E-state index in [0.717, 1.165) is 12.1 Å². The van der Waals surface area contributed by atoms with Crippen LogP contribution in [0.3, 0.4) is 0 Å². The molecule has 1 heterocycles. The normalized spacial score (nSPS) is 18.7. The van der Waals surface area contributed by atoms with Crippen molar-refractivity contribution in [3.8, 4) is 0 Å². The van der Waals surface area contributed by atoms with Gasteiger partial charge in [-0.05, 0) is 18.2 Å². The highest BCUT2D eigenvalue weighted by Gasteiger charge is 2.31. The van der Waals surface area contributed by atoms with Gasteiger partial charge in [-0.3, -0.25) is 14.5 Å². The highest BCUT2D eigenvalue weighted by Crippen LogP contribution is 2.30. The number of alkyl halides is 3. The van der Waals surface area contributed by atoms with E-state index in [4.69, 9.17) is 4.74 Å². The molecule has 1 aliphatic heterocycles. The summed E-state index contributed by atoms with van der Waals surface area (Å²) in [6.45, 7) is 0.998. The average molecular weight is 359 g/mol. The number of nitrogens with one attached hydrogen (secondary N) is 1. The van der Waals surface area contributed by atoms with Crippen LogP contribution in [0.1, 0.15) is 5.56 Å². The Labute approximate surface area is 143 Å². The molecule has 1 aromatic rings. The summed E-state index contributed by atoms with van der Waals surface area (Å²) < 4.78 is 43.5. The number of ether oxygens (including phenoxy) is 1. The molecule has 1 saturated heterocycles. The molecule has 1 N–H and O–H groups in total. The van der Waals surface area contributed by atoms with Crippen molar-refractivity contribution in [2.45, 2.75) is 12.3 Å². The van der Waals surface area contributed by atoms with Gasteiger partial charge in [0.25, 0.3) is 5.91 Å². The fourth-order valence-electron chi connectivity index (χ4n) is 2.46. The molecule has 0 saturated carbocycles. The van der Waals surface area contributed by atoms with Gasteiger partial charge >= 0.3 is 6.18 Å². The molecule has 2 rings (SSSR count). The second kappa shape index (κ2) is 7.83. The lowest BCUT2D eigenvalue weighted by Crippen LogP contribution is -2.51. The summed E-state index contributed by atoms with van der Waals surface area (Å²) in [7, 11) is 3.23. The minimum absolute atomic E-state index is 0.0309. The van der Waals surface area contributed by atoms with E-state index < -0.39 is 23.8 Å². The smallest absolute Gasteiger partial charge is 0.366 e. The SMILES string of the molecule is CN(C)C(=O)C1CN(CC(=O)Nc2cccc(C(F)(F)F)c2)CCO1. The van der Waals surface area contributed by atoms with E-state index in [1.807, 2.05) is 0 Å². The van der Waals surface area contributed by atoms with Gasteiger partial charge < -0.3 is 15.0 Å². The fourth-order valence-corrected chi connectivity index (χ4v) is 2.46. The molecule has 9 heteroatoms. The van der Waals surface area contributed by atoms with Gasteiger partial charge in [-0.2, -0.15) is 13.2 Å². The molecule has 2 amide bonds. The first-order valence-corrected chi connectivity index (χ1v) is 7.69. The number of morpholine rings is 1. The predicted octanol–water partition coefficient (Wildman–Crippen LogP) is 1.43. The number of amides is 2. The maximum absolute atomic E-state index is 12.7. The Hall–Kier alpha value is -2.13. The van der Waals surface area contributed by atoms with Crippen LogP contribution in [0.15, 0.2) is 24.3 Å². The molecular weight excluding hydrogens is 339 g/mol. The van der Waals surface area contributed by atoms with Crippen LogP contribution >= 0.6 is 0 Å². The summed E-state index contributed by atoms with van der Waals surface area (Å²) in [4.78, 5) is 27.1. The number of likely N-dealkylation sites (N-methyl/N-ethyl adjacent to an activating group) is 1. The van der Waals surface area contributed by atoms with Gasteiger partial charge in [-0.25, -0.2) is 0 Å². The van der Waals surface area contributed by atoms with E-state index in [2.05, 4.69) is 5.32 Å². The number of halogens is 3. The maximum atomic E-state index is 12.7. The molecule has 1 aromatic carbocycles. The molecule has 0 spiro atoms. The van der Waals surface area contributed by atoms with Gasteiger partial charge in [0.2, 0.25) is 5.91 Å². The third-order valence-corrected chi connectivity index (χ3v) is 3.71. The van der Waals surface area contributed by atoms with E-state index in [1.54, 1.807) is 19.0 Å². The molecule has 0 radical (unpaired) electrons. The van der Waals surface area contributed by atoms with Crippen molar-refractivity contribution in [2.75, 3.05) is 45.7 Å². The van der Waals surface area contributed by atoms with Crippen LogP contribution in [0.2, 0.25) is 0 Å². The molecule has 138 valence electrons. The Kier molecular flexibility index (Phi) is 6.02. The van der Waals surface area contributed by atoms with E-state index >= 15 is 0 Å². The topological polar surface area (TPSA) is 61.9 Å². The number of hydrogen-bond donors (Lipinski definition) is 1. The standard InChI is InChI=1S/C16H20F3N3O3/c1-21(2)15(24)13-9-22(6-7-25-13)10-14(23)20-12-5-3-4-11(8-12)16(17,18)19/h3-5,8,13H,6-7,9-10H2,1-2H3,(H,20,23). The number of anilines is 1. The van der Waals surface area contributed by atoms with Crippen LogP contribution in [-0.2, 0) is 20.5 Å². The second-order valence-corrected chi connectivity index (χ2v) is 5.95. The number of carbonyl (C=O) groups excluding carboxylic acids is 2. The molecular formula is C16H20F3N3O3. The van der Waals surface area contributed by atoms with Gasteiger partial charge in [0.1, 0.15) is 6.10 Å². The minimum atomic E-state index is -4.47. The first-order chi connectivity index (χ1) is 11.7. The van der Waals surface area contributed by atoms with Crippen molar-refractivity contribution >= 4 is 17.5 Å². The zero-order valence-corrected chi connectivity index (χ0v) is 14.0. The van der Waals surface area contributed by atoms with Crippen molar-refractivity contribution in [2.24, 2.45) is 0 Å². The quantitative estimate of drug-likeness (QED) is 0.884. The molecule has 6 nitrogen and oxygen atoms in total. The summed E-state index contributed by atoms with van der Waals surface area (Å²) in [5.74, 6) is -0.639. The monoisotopic (exact) mass is 359 g/mol. The molecule has 1 unspecified atom stereocenters. The molecule has 0 aliphatic carbocycles. The summed E-state index contributed by atoms with van der Waals surface area (Å²) in [6, 6.07) is 4.45. The summed E-state index contributed by atoms with van der Waals surface area (Å²) in [6.07, 6.45) is -5.12. The Morgan fingerprint density at radius 2 is 2.08 bits per heavy atom. The number of nitrogens with zero attached hydrogens (tertiary/aromatic N) is 2. The minimum Gasteiger partial charge on any atom is -0.366 e. The van der Waals surface area contributed by atoms with Crippen molar-refractivity contribution in [1.82, 2.24) is 9.80 Å². The van der Waals surface area contributed by atoms with Crippen molar-refractivity contribution in [3.63, 3.8) is 0 Å². The van der Waals surface area contributed by atoms with E-state index in [0.29, 0.717) is 13.2 Å². The lowest BCUT2D eigenvalue weighted by molar-refractivity contribution is -0.147. The third kappa shape index (κ3) is 5.43. The van der Waals surface area contributed by atoms with Crippen LogP contribution in [0.4, 0.5) is 18.9 Å². The molecule has 0 aromatic heterocycles. The van der Waals surface area contributed by atoms with Gasteiger partial charge in [-0.1, -0.05) is 6.07 Å². The third-order valence-electron chi connectivity index (χ3n) is 3.71. The van der Waals surface area contributed by atoms with Gasteiger partial charge in [0, 0.05) is 32.9 Å². The van der Waals surface area contributed by atoms with Crippen LogP contribution in [0.5, 0.6) is 0 Å². The molecule has 1 atom stereocenters. The summed E-state index contributed by atoms with van der Waals surface area (Å²) in [5, 5.41) is 2.45. The lowest BCUT2D eigenvalue weighted by Gasteiger charge is -2.32. The molecule has 1 aliphatic rings. The molecule has 0 bridgehead atoms. The van der Waals surface area contributed by atoms with Gasteiger partial charge in [-0.15, -0.1) is 0 Å². The lowest BCUT2D eigenvalue weighted by atomic mass is 10.2. The van der Waals surface area contributed by atoms with E-state index in [9.17, 15) is 22.8 Å². The van der Waals surface area contributed by atoms with Crippen LogP contribution in [0.25, 0.3) is 0 Å². The molecule has 1 fully saturated rings. The number of rotatable bonds is 4. The van der Waals surface area contributed by atoms with Crippen molar-refractivity contribution in [3.05, 3.63) is 29.8 Å². The second-order valence-electron chi connectivity index (χ2n) is 5.95.